The van der Waals surface area contributed by atoms with Gasteiger partial charge in [-0.2, -0.15) is 0 Å². The Morgan fingerprint density at radius 3 is 2.57 bits per heavy atom. The second kappa shape index (κ2) is 6.64. The van der Waals surface area contributed by atoms with Crippen LogP contribution in [0.5, 0.6) is 0 Å². The molecule has 4 N–H and O–H groups in total. The lowest BCUT2D eigenvalue weighted by atomic mass is 9.75. The molecular formula is C14H21BrN2O3S. The second-order valence-corrected chi connectivity index (χ2v) is 8.32. The van der Waals surface area contributed by atoms with E-state index in [-0.39, 0.29) is 23.5 Å². The van der Waals surface area contributed by atoms with Crippen molar-refractivity contribution in [3.8, 4) is 0 Å². The summed E-state index contributed by atoms with van der Waals surface area (Å²) in [4.78, 5) is 0.131. The van der Waals surface area contributed by atoms with Crippen molar-refractivity contribution >= 4 is 31.6 Å². The third kappa shape index (κ3) is 3.97. The summed E-state index contributed by atoms with van der Waals surface area (Å²) in [5.41, 5.74) is 5.72. The lowest BCUT2D eigenvalue weighted by molar-refractivity contribution is 0.0867. The van der Waals surface area contributed by atoms with Crippen molar-refractivity contribution in [2.45, 2.75) is 37.0 Å². The minimum absolute atomic E-state index is 0.00756. The van der Waals surface area contributed by atoms with Gasteiger partial charge >= 0.3 is 0 Å². The predicted molar refractivity (Wildman–Crippen MR) is 86.3 cm³/mol. The van der Waals surface area contributed by atoms with Crippen molar-refractivity contribution < 1.29 is 13.5 Å². The van der Waals surface area contributed by atoms with Crippen molar-refractivity contribution in [1.29, 1.82) is 0 Å². The summed E-state index contributed by atoms with van der Waals surface area (Å²) in [5, 5.41) is 9.64. The number of aliphatic hydroxyl groups is 1. The molecule has 0 aromatic heterocycles. The Labute approximate surface area is 134 Å². The number of nitrogens with one attached hydrogen (secondary N) is 1. The molecular weight excluding hydrogens is 356 g/mol. The first kappa shape index (κ1) is 16.7. The topological polar surface area (TPSA) is 92.4 Å². The molecule has 1 saturated carbocycles. The van der Waals surface area contributed by atoms with E-state index in [2.05, 4.69) is 20.7 Å². The highest BCUT2D eigenvalue weighted by molar-refractivity contribution is 9.10. The Kier molecular flexibility index (Phi) is 5.29. The van der Waals surface area contributed by atoms with Gasteiger partial charge in [0.05, 0.1) is 4.90 Å². The summed E-state index contributed by atoms with van der Waals surface area (Å²) in [6.45, 7) is 0.265. The van der Waals surface area contributed by atoms with Crippen molar-refractivity contribution in [1.82, 2.24) is 4.72 Å². The summed E-state index contributed by atoms with van der Waals surface area (Å²) in [5.74, 6) is 0. The number of sulfonamides is 1. The van der Waals surface area contributed by atoms with E-state index in [1.165, 1.54) is 6.07 Å². The predicted octanol–water partition coefficient (Wildman–Crippen LogP) is 2.25. The molecule has 0 heterocycles. The van der Waals surface area contributed by atoms with Crippen molar-refractivity contribution in [3.63, 3.8) is 0 Å². The lowest BCUT2D eigenvalue weighted by Gasteiger charge is -2.35. The van der Waals surface area contributed by atoms with E-state index in [0.717, 1.165) is 32.1 Å². The van der Waals surface area contributed by atoms with Crippen molar-refractivity contribution in [2.24, 2.45) is 5.41 Å². The molecule has 0 aliphatic heterocycles. The van der Waals surface area contributed by atoms with Gasteiger partial charge in [0, 0.05) is 28.7 Å². The fourth-order valence-corrected chi connectivity index (χ4v) is 4.90. The maximum absolute atomic E-state index is 12.4. The molecule has 0 spiro atoms. The van der Waals surface area contributed by atoms with Crippen molar-refractivity contribution in [3.05, 3.63) is 22.7 Å². The van der Waals surface area contributed by atoms with Crippen LogP contribution in [0.4, 0.5) is 5.69 Å². The fourth-order valence-electron chi connectivity index (χ4n) is 2.74. The van der Waals surface area contributed by atoms with Gasteiger partial charge in [-0.15, -0.1) is 0 Å². The summed E-state index contributed by atoms with van der Waals surface area (Å²) in [6.07, 6.45) is 4.91. The molecule has 0 atom stereocenters. The van der Waals surface area contributed by atoms with Crippen LogP contribution in [0.3, 0.4) is 0 Å². The van der Waals surface area contributed by atoms with Crippen LogP contribution < -0.4 is 10.5 Å². The number of nitrogen functional groups attached to an aromatic ring is 1. The van der Waals surface area contributed by atoms with Gasteiger partial charge in [-0.25, -0.2) is 13.1 Å². The molecule has 7 heteroatoms. The normalized spacial score (nSPS) is 18.6. The monoisotopic (exact) mass is 376 g/mol. The minimum Gasteiger partial charge on any atom is -0.399 e. The fraction of sp³-hybridized carbons (Fsp3) is 0.571. The van der Waals surface area contributed by atoms with Crippen LogP contribution in [-0.4, -0.2) is 26.7 Å². The highest BCUT2D eigenvalue weighted by Gasteiger charge is 2.33. The summed E-state index contributed by atoms with van der Waals surface area (Å²) < 4.78 is 28.0. The molecule has 0 bridgehead atoms. The van der Waals surface area contributed by atoms with Gasteiger partial charge in [-0.3, -0.25) is 0 Å². The van der Waals surface area contributed by atoms with E-state index in [9.17, 15) is 13.5 Å². The highest BCUT2D eigenvalue weighted by Crippen LogP contribution is 2.35. The molecule has 1 aromatic rings. The lowest BCUT2D eigenvalue weighted by Crippen LogP contribution is -2.41. The van der Waals surface area contributed by atoms with Crippen LogP contribution in [0.2, 0.25) is 0 Å². The maximum atomic E-state index is 12.4. The number of hydrogen-bond acceptors (Lipinski definition) is 4. The van der Waals surface area contributed by atoms with E-state index >= 15 is 0 Å². The first-order valence-electron chi connectivity index (χ1n) is 7.04. The quantitative estimate of drug-likeness (QED) is 0.687. The first-order valence-corrected chi connectivity index (χ1v) is 9.32. The van der Waals surface area contributed by atoms with Gasteiger partial charge in [-0.05, 0) is 47.0 Å². The average Bonchev–Trinajstić information content (AvgIpc) is 2.49. The molecule has 1 fully saturated rings. The van der Waals surface area contributed by atoms with E-state index in [4.69, 9.17) is 5.73 Å². The van der Waals surface area contributed by atoms with Gasteiger partial charge in [-0.1, -0.05) is 19.3 Å². The van der Waals surface area contributed by atoms with Crippen LogP contribution in [0.25, 0.3) is 0 Å². The van der Waals surface area contributed by atoms with Crippen LogP contribution in [0, 0.1) is 5.41 Å². The van der Waals surface area contributed by atoms with Gasteiger partial charge < -0.3 is 10.8 Å². The Morgan fingerprint density at radius 2 is 1.95 bits per heavy atom. The minimum atomic E-state index is -3.65. The smallest absolute Gasteiger partial charge is 0.241 e. The zero-order chi connectivity index (χ0) is 15.5. The summed E-state index contributed by atoms with van der Waals surface area (Å²) in [6, 6.07) is 4.69. The molecule has 1 aromatic carbocycles. The molecule has 118 valence electrons. The highest BCUT2D eigenvalue weighted by atomic mass is 79.9. The summed E-state index contributed by atoms with van der Waals surface area (Å²) >= 11 is 3.24. The van der Waals surface area contributed by atoms with E-state index in [1.807, 2.05) is 0 Å². The number of aliphatic hydroxyl groups excluding tert-OH is 1. The number of nitrogens with two attached hydrogens (primary N) is 1. The number of benzene rings is 1. The molecule has 5 nitrogen and oxygen atoms in total. The molecule has 1 aliphatic carbocycles. The van der Waals surface area contributed by atoms with Crippen LogP contribution in [0.1, 0.15) is 32.1 Å². The Bertz CT molecular complexity index is 598. The Hall–Kier alpha value is -0.630. The van der Waals surface area contributed by atoms with Crippen LogP contribution >= 0.6 is 15.9 Å². The van der Waals surface area contributed by atoms with E-state index < -0.39 is 10.0 Å². The van der Waals surface area contributed by atoms with Gasteiger partial charge in [0.2, 0.25) is 10.0 Å². The second-order valence-electron chi connectivity index (χ2n) is 5.73. The number of halogens is 1. The van der Waals surface area contributed by atoms with E-state index in [1.54, 1.807) is 12.1 Å². The number of rotatable bonds is 5. The molecule has 21 heavy (non-hydrogen) atoms. The Balaban J connectivity index is 2.15. The molecule has 1 aliphatic rings. The van der Waals surface area contributed by atoms with Crippen LogP contribution in [0.15, 0.2) is 27.6 Å². The standard InChI is InChI=1S/C14H21BrN2O3S/c15-12-5-4-11(16)8-13(12)21(19,20)17-9-14(10-18)6-2-1-3-7-14/h4-5,8,17-18H,1-3,6-7,9-10,16H2. The van der Waals surface area contributed by atoms with Gasteiger partial charge in [0.15, 0.2) is 0 Å². The molecule has 0 amide bonds. The Morgan fingerprint density at radius 1 is 1.29 bits per heavy atom. The zero-order valence-corrected chi connectivity index (χ0v) is 14.2. The van der Waals surface area contributed by atoms with Crippen molar-refractivity contribution in [2.75, 3.05) is 18.9 Å². The van der Waals surface area contributed by atoms with Gasteiger partial charge in [0.25, 0.3) is 0 Å². The average molecular weight is 377 g/mol. The molecule has 0 saturated heterocycles. The number of anilines is 1. The molecule has 0 radical (unpaired) electrons. The van der Waals surface area contributed by atoms with Gasteiger partial charge in [0.1, 0.15) is 0 Å². The molecule has 2 rings (SSSR count). The first-order chi connectivity index (χ1) is 9.88. The zero-order valence-electron chi connectivity index (χ0n) is 11.8. The number of hydrogen-bond donors (Lipinski definition) is 3. The van der Waals surface area contributed by atoms with Crippen LogP contribution in [-0.2, 0) is 10.0 Å². The third-order valence-electron chi connectivity index (χ3n) is 4.13. The SMILES string of the molecule is Nc1ccc(Br)c(S(=O)(=O)NCC2(CO)CCCCC2)c1. The maximum Gasteiger partial charge on any atom is 0.241 e. The van der Waals surface area contributed by atoms with E-state index in [0.29, 0.717) is 10.2 Å². The molecule has 0 unspecified atom stereocenters. The third-order valence-corrected chi connectivity index (χ3v) is 6.53. The summed E-state index contributed by atoms with van der Waals surface area (Å²) in [7, 11) is -3.65. The largest absolute Gasteiger partial charge is 0.399 e.